The van der Waals surface area contributed by atoms with Crippen molar-refractivity contribution in [3.63, 3.8) is 0 Å². The molecule has 1 aliphatic rings. The highest BCUT2D eigenvalue weighted by molar-refractivity contribution is 5.98. The summed E-state index contributed by atoms with van der Waals surface area (Å²) in [6.07, 6.45) is 4.11. The molecule has 3 aromatic rings. The Hall–Kier alpha value is -2.69. The van der Waals surface area contributed by atoms with Gasteiger partial charge in [-0.2, -0.15) is 5.10 Å². The van der Waals surface area contributed by atoms with Gasteiger partial charge in [0.1, 0.15) is 0 Å². The van der Waals surface area contributed by atoms with Gasteiger partial charge in [-0.3, -0.25) is 4.79 Å². The van der Waals surface area contributed by atoms with E-state index in [-0.39, 0.29) is 18.0 Å². The Balaban J connectivity index is 1.64. The summed E-state index contributed by atoms with van der Waals surface area (Å²) in [5, 5.41) is 8.55. The molecule has 2 aromatic heterocycles. The van der Waals surface area contributed by atoms with Crippen LogP contribution in [0.15, 0.2) is 42.6 Å². The molecule has 0 radical (unpaired) electrons. The van der Waals surface area contributed by atoms with Gasteiger partial charge in [-0.25, -0.2) is 9.67 Å². The Bertz CT molecular complexity index is 941. The number of nitrogens with one attached hydrogen (secondary N) is 1. The zero-order chi connectivity index (χ0) is 18.3. The summed E-state index contributed by atoms with van der Waals surface area (Å²) >= 11 is 0. The molecule has 0 spiro atoms. The van der Waals surface area contributed by atoms with Crippen molar-refractivity contribution < 1.29 is 4.79 Å². The minimum atomic E-state index is -0.0602. The third-order valence-corrected chi connectivity index (χ3v) is 5.03. The van der Waals surface area contributed by atoms with Crippen LogP contribution < -0.4 is 5.32 Å². The average Bonchev–Trinajstić information content (AvgIpc) is 3.39. The molecule has 0 bridgehead atoms. The molecule has 0 unspecified atom stereocenters. The largest absolute Gasteiger partial charge is 0.345 e. The molecule has 1 aliphatic carbocycles. The lowest BCUT2D eigenvalue weighted by Crippen LogP contribution is -2.30. The normalized spacial score (nSPS) is 15.4. The molecule has 5 nitrogen and oxygen atoms in total. The summed E-state index contributed by atoms with van der Waals surface area (Å²) < 4.78 is 1.89. The maximum absolute atomic E-state index is 13.0. The van der Waals surface area contributed by atoms with Crippen LogP contribution in [-0.4, -0.2) is 20.7 Å². The van der Waals surface area contributed by atoms with E-state index in [2.05, 4.69) is 41.4 Å². The van der Waals surface area contributed by atoms with Gasteiger partial charge in [0.2, 0.25) is 0 Å². The maximum atomic E-state index is 13.0. The van der Waals surface area contributed by atoms with E-state index in [1.165, 1.54) is 5.56 Å². The molecular formula is C21H24N4O. The van der Waals surface area contributed by atoms with Crippen LogP contribution in [0.4, 0.5) is 0 Å². The van der Waals surface area contributed by atoms with E-state index in [0.717, 1.165) is 29.6 Å². The predicted octanol–water partition coefficient (Wildman–Crippen LogP) is 4.20. The van der Waals surface area contributed by atoms with E-state index < -0.39 is 0 Å². The van der Waals surface area contributed by atoms with Crippen LogP contribution >= 0.6 is 0 Å². The summed E-state index contributed by atoms with van der Waals surface area (Å²) in [5.41, 5.74) is 3.36. The Morgan fingerprint density at radius 1 is 1.23 bits per heavy atom. The SMILES string of the molecule is Cc1nc2c(cnn2C(C)C)cc1C(=O)N[C@H](c1ccccc1)C1CC1. The number of rotatable bonds is 5. The van der Waals surface area contributed by atoms with E-state index in [9.17, 15) is 4.79 Å². The van der Waals surface area contributed by atoms with Gasteiger partial charge >= 0.3 is 0 Å². The Morgan fingerprint density at radius 2 is 1.96 bits per heavy atom. The molecule has 1 fully saturated rings. The fraction of sp³-hybridized carbons (Fsp3) is 0.381. The van der Waals surface area contributed by atoms with Crippen LogP contribution in [0.2, 0.25) is 0 Å². The highest BCUT2D eigenvalue weighted by atomic mass is 16.1. The second-order valence-corrected chi connectivity index (χ2v) is 7.42. The zero-order valence-electron chi connectivity index (χ0n) is 15.4. The third kappa shape index (κ3) is 3.09. The molecule has 1 aromatic carbocycles. The number of fused-ring (bicyclic) bond motifs is 1. The zero-order valence-corrected chi connectivity index (χ0v) is 15.4. The number of benzene rings is 1. The van der Waals surface area contributed by atoms with E-state index in [1.807, 2.05) is 35.9 Å². The fourth-order valence-electron chi connectivity index (χ4n) is 3.46. The highest BCUT2D eigenvalue weighted by Crippen LogP contribution is 2.41. The summed E-state index contributed by atoms with van der Waals surface area (Å²) in [6.45, 7) is 6.04. The molecule has 0 saturated heterocycles. The van der Waals surface area contributed by atoms with Crippen molar-refractivity contribution in [1.82, 2.24) is 20.1 Å². The van der Waals surface area contributed by atoms with Gasteiger partial charge in [-0.15, -0.1) is 0 Å². The van der Waals surface area contributed by atoms with E-state index in [0.29, 0.717) is 11.5 Å². The van der Waals surface area contributed by atoms with Crippen LogP contribution in [0.25, 0.3) is 11.0 Å². The molecule has 1 N–H and O–H groups in total. The van der Waals surface area contributed by atoms with Crippen LogP contribution in [0.1, 0.15) is 60.4 Å². The second-order valence-electron chi connectivity index (χ2n) is 7.42. The van der Waals surface area contributed by atoms with Crippen LogP contribution in [0, 0.1) is 12.8 Å². The number of carbonyl (C=O) groups is 1. The van der Waals surface area contributed by atoms with E-state index >= 15 is 0 Å². The van der Waals surface area contributed by atoms with Crippen LogP contribution in [-0.2, 0) is 0 Å². The molecule has 4 rings (SSSR count). The molecule has 26 heavy (non-hydrogen) atoms. The monoisotopic (exact) mass is 348 g/mol. The van der Waals surface area contributed by atoms with Gasteiger partial charge in [0.25, 0.3) is 5.91 Å². The van der Waals surface area contributed by atoms with Crippen molar-refractivity contribution in [2.24, 2.45) is 5.92 Å². The quantitative estimate of drug-likeness (QED) is 0.752. The molecule has 2 heterocycles. The lowest BCUT2D eigenvalue weighted by molar-refractivity contribution is 0.0931. The van der Waals surface area contributed by atoms with Crippen LogP contribution in [0.5, 0.6) is 0 Å². The Morgan fingerprint density at radius 3 is 2.62 bits per heavy atom. The molecular weight excluding hydrogens is 324 g/mol. The molecule has 1 saturated carbocycles. The second kappa shape index (κ2) is 6.56. The highest BCUT2D eigenvalue weighted by Gasteiger charge is 2.33. The van der Waals surface area contributed by atoms with Gasteiger partial charge in [-0.1, -0.05) is 30.3 Å². The molecule has 1 atom stereocenters. The number of amides is 1. The smallest absolute Gasteiger partial charge is 0.253 e. The summed E-state index contributed by atoms with van der Waals surface area (Å²) in [4.78, 5) is 17.6. The lowest BCUT2D eigenvalue weighted by atomic mass is 10.0. The van der Waals surface area contributed by atoms with Gasteiger partial charge in [0, 0.05) is 11.4 Å². The number of pyridine rings is 1. The first-order valence-corrected chi connectivity index (χ1v) is 9.25. The molecule has 5 heteroatoms. The summed E-state index contributed by atoms with van der Waals surface area (Å²) in [6, 6.07) is 12.4. The van der Waals surface area contributed by atoms with Gasteiger partial charge in [0.15, 0.2) is 5.65 Å². The number of aryl methyl sites for hydroxylation is 1. The number of aromatic nitrogens is 3. The minimum Gasteiger partial charge on any atom is -0.345 e. The van der Waals surface area contributed by atoms with E-state index in [1.54, 1.807) is 6.20 Å². The van der Waals surface area contributed by atoms with Crippen LogP contribution in [0.3, 0.4) is 0 Å². The van der Waals surface area contributed by atoms with E-state index in [4.69, 9.17) is 0 Å². The summed E-state index contributed by atoms with van der Waals surface area (Å²) in [5.74, 6) is 0.469. The standard InChI is InChI=1S/C21H24N4O/c1-13(2)25-20-17(12-22-25)11-18(14(3)23-20)21(26)24-19(16-9-10-16)15-7-5-4-6-8-15/h4-8,11-13,16,19H,9-10H2,1-3H3,(H,24,26)/t19-/m1/s1. The Labute approximate surface area is 153 Å². The third-order valence-electron chi connectivity index (χ3n) is 5.03. The van der Waals surface area contributed by atoms with Gasteiger partial charge in [0.05, 0.1) is 23.5 Å². The first kappa shape index (κ1) is 16.8. The van der Waals surface area contributed by atoms with Crippen molar-refractivity contribution in [1.29, 1.82) is 0 Å². The molecule has 0 aliphatic heterocycles. The Kier molecular flexibility index (Phi) is 4.23. The minimum absolute atomic E-state index is 0.0602. The molecule has 1 amide bonds. The number of carbonyl (C=O) groups excluding carboxylic acids is 1. The van der Waals surface area contributed by atoms with Gasteiger partial charge in [-0.05, 0) is 51.2 Å². The van der Waals surface area contributed by atoms with Crippen molar-refractivity contribution in [3.05, 3.63) is 59.4 Å². The molecule has 134 valence electrons. The number of hydrogen-bond donors (Lipinski definition) is 1. The topological polar surface area (TPSA) is 59.8 Å². The van der Waals surface area contributed by atoms with Crippen molar-refractivity contribution >= 4 is 16.9 Å². The van der Waals surface area contributed by atoms with Crippen molar-refractivity contribution in [2.45, 2.75) is 45.7 Å². The maximum Gasteiger partial charge on any atom is 0.253 e. The predicted molar refractivity (Wildman–Crippen MR) is 102 cm³/mol. The van der Waals surface area contributed by atoms with Gasteiger partial charge < -0.3 is 5.32 Å². The van der Waals surface area contributed by atoms with Crippen molar-refractivity contribution in [3.8, 4) is 0 Å². The lowest BCUT2D eigenvalue weighted by Gasteiger charge is -2.19. The first-order chi connectivity index (χ1) is 12.5. The summed E-state index contributed by atoms with van der Waals surface area (Å²) in [7, 11) is 0. The number of hydrogen-bond acceptors (Lipinski definition) is 3. The first-order valence-electron chi connectivity index (χ1n) is 9.25. The number of nitrogens with zero attached hydrogens (tertiary/aromatic N) is 3. The van der Waals surface area contributed by atoms with Crippen molar-refractivity contribution in [2.75, 3.05) is 0 Å². The average molecular weight is 348 g/mol. The fourth-order valence-corrected chi connectivity index (χ4v) is 3.46.